The monoisotopic (exact) mass is 248 g/mol. The molecule has 0 aliphatic heterocycles. The average Bonchev–Trinajstić information content (AvgIpc) is 2.29. The lowest BCUT2D eigenvalue weighted by Crippen LogP contribution is -2.10. The number of rotatable bonds is 3. The molecule has 0 saturated heterocycles. The van der Waals surface area contributed by atoms with Crippen LogP contribution in [0, 0.1) is 0 Å². The van der Waals surface area contributed by atoms with Crippen LogP contribution >= 0.6 is 11.6 Å². The zero-order valence-corrected chi connectivity index (χ0v) is 10.3. The SMILES string of the molecule is CCCc1cc(=O)[nH]c(-c2ccccc2Cl)n1. The van der Waals surface area contributed by atoms with E-state index in [2.05, 4.69) is 16.9 Å². The molecule has 1 heterocycles. The summed E-state index contributed by atoms with van der Waals surface area (Å²) in [6, 6.07) is 8.87. The molecular weight excluding hydrogens is 236 g/mol. The molecule has 88 valence electrons. The number of halogens is 1. The third-order valence-corrected chi connectivity index (χ3v) is 2.76. The van der Waals surface area contributed by atoms with E-state index in [0.717, 1.165) is 24.1 Å². The van der Waals surface area contributed by atoms with Crippen LogP contribution in [-0.4, -0.2) is 9.97 Å². The van der Waals surface area contributed by atoms with Crippen LogP contribution < -0.4 is 5.56 Å². The molecule has 0 amide bonds. The average molecular weight is 249 g/mol. The molecule has 0 unspecified atom stereocenters. The van der Waals surface area contributed by atoms with E-state index in [9.17, 15) is 4.79 Å². The molecular formula is C13H13ClN2O. The molecule has 17 heavy (non-hydrogen) atoms. The Morgan fingerprint density at radius 2 is 2.12 bits per heavy atom. The minimum atomic E-state index is -0.140. The molecule has 2 aromatic rings. The van der Waals surface area contributed by atoms with Gasteiger partial charge in [-0.15, -0.1) is 0 Å². The second kappa shape index (κ2) is 5.15. The third kappa shape index (κ3) is 2.74. The van der Waals surface area contributed by atoms with E-state index in [4.69, 9.17) is 11.6 Å². The fourth-order valence-electron chi connectivity index (χ4n) is 1.67. The molecule has 0 bridgehead atoms. The lowest BCUT2D eigenvalue weighted by molar-refractivity contribution is 0.870. The van der Waals surface area contributed by atoms with Crippen LogP contribution in [0.5, 0.6) is 0 Å². The quantitative estimate of drug-likeness (QED) is 0.908. The number of nitrogens with one attached hydrogen (secondary N) is 1. The van der Waals surface area contributed by atoms with Crippen LogP contribution in [-0.2, 0) is 6.42 Å². The minimum Gasteiger partial charge on any atom is -0.306 e. The number of benzene rings is 1. The fourth-order valence-corrected chi connectivity index (χ4v) is 1.90. The summed E-state index contributed by atoms with van der Waals surface area (Å²) in [7, 11) is 0. The summed E-state index contributed by atoms with van der Waals surface area (Å²) in [5.41, 5.74) is 1.41. The first-order valence-corrected chi connectivity index (χ1v) is 5.93. The van der Waals surface area contributed by atoms with Gasteiger partial charge in [-0.25, -0.2) is 4.98 Å². The molecule has 1 aromatic carbocycles. The van der Waals surface area contributed by atoms with Gasteiger partial charge in [-0.1, -0.05) is 37.1 Å². The highest BCUT2D eigenvalue weighted by Gasteiger charge is 2.06. The van der Waals surface area contributed by atoms with Crippen molar-refractivity contribution in [2.75, 3.05) is 0 Å². The van der Waals surface area contributed by atoms with Gasteiger partial charge in [0.05, 0.1) is 5.02 Å². The van der Waals surface area contributed by atoms with Crippen LogP contribution in [0.1, 0.15) is 19.0 Å². The van der Waals surface area contributed by atoms with E-state index in [-0.39, 0.29) is 5.56 Å². The van der Waals surface area contributed by atoms with Crippen LogP contribution in [0.25, 0.3) is 11.4 Å². The molecule has 0 spiro atoms. The number of aryl methyl sites for hydroxylation is 1. The Bertz CT molecular complexity index is 578. The van der Waals surface area contributed by atoms with Crippen molar-refractivity contribution in [3.63, 3.8) is 0 Å². The van der Waals surface area contributed by atoms with Gasteiger partial charge < -0.3 is 4.98 Å². The zero-order chi connectivity index (χ0) is 12.3. The first-order valence-electron chi connectivity index (χ1n) is 5.56. The molecule has 1 aromatic heterocycles. The molecule has 3 nitrogen and oxygen atoms in total. The highest BCUT2D eigenvalue weighted by molar-refractivity contribution is 6.33. The van der Waals surface area contributed by atoms with Gasteiger partial charge in [-0.2, -0.15) is 0 Å². The highest BCUT2D eigenvalue weighted by atomic mass is 35.5. The van der Waals surface area contributed by atoms with Crippen molar-refractivity contribution < 1.29 is 0 Å². The van der Waals surface area contributed by atoms with E-state index in [1.54, 1.807) is 6.07 Å². The van der Waals surface area contributed by atoms with Gasteiger partial charge in [0.25, 0.3) is 5.56 Å². The third-order valence-electron chi connectivity index (χ3n) is 2.43. The number of hydrogen-bond acceptors (Lipinski definition) is 2. The Labute approximate surface area is 104 Å². The lowest BCUT2D eigenvalue weighted by Gasteiger charge is -2.05. The van der Waals surface area contributed by atoms with Crippen molar-refractivity contribution >= 4 is 11.6 Å². The summed E-state index contributed by atoms with van der Waals surface area (Å²) < 4.78 is 0. The van der Waals surface area contributed by atoms with Crippen molar-refractivity contribution in [1.29, 1.82) is 0 Å². The maximum atomic E-state index is 11.5. The van der Waals surface area contributed by atoms with E-state index in [1.807, 2.05) is 18.2 Å². The predicted molar refractivity (Wildman–Crippen MR) is 69.3 cm³/mol. The molecule has 4 heteroatoms. The van der Waals surface area contributed by atoms with Crippen LogP contribution in [0.3, 0.4) is 0 Å². The van der Waals surface area contributed by atoms with Gasteiger partial charge in [-0.05, 0) is 18.6 Å². The molecule has 1 N–H and O–H groups in total. The van der Waals surface area contributed by atoms with Gasteiger partial charge in [0, 0.05) is 17.3 Å². The fraction of sp³-hybridized carbons (Fsp3) is 0.231. The standard InChI is InChI=1S/C13H13ClN2O/c1-2-5-9-8-12(17)16-13(15-9)10-6-3-4-7-11(10)14/h3-4,6-8H,2,5H2,1H3,(H,15,16,17). The summed E-state index contributed by atoms with van der Waals surface area (Å²) in [4.78, 5) is 18.7. The van der Waals surface area contributed by atoms with E-state index in [0.29, 0.717) is 10.8 Å². The lowest BCUT2D eigenvalue weighted by atomic mass is 10.2. The molecule has 2 rings (SSSR count). The van der Waals surface area contributed by atoms with Crippen LogP contribution in [0.15, 0.2) is 35.1 Å². The topological polar surface area (TPSA) is 45.8 Å². The van der Waals surface area contributed by atoms with Gasteiger partial charge in [0.2, 0.25) is 0 Å². The van der Waals surface area contributed by atoms with Crippen molar-refractivity contribution in [3.05, 3.63) is 51.4 Å². The summed E-state index contributed by atoms with van der Waals surface area (Å²) in [5.74, 6) is 0.534. The first kappa shape index (κ1) is 11.9. The van der Waals surface area contributed by atoms with E-state index >= 15 is 0 Å². The molecule has 0 saturated carbocycles. The summed E-state index contributed by atoms with van der Waals surface area (Å²) in [6.07, 6.45) is 1.75. The zero-order valence-electron chi connectivity index (χ0n) is 9.53. The molecule has 0 fully saturated rings. The van der Waals surface area contributed by atoms with E-state index in [1.165, 1.54) is 6.07 Å². The molecule has 0 atom stereocenters. The highest BCUT2D eigenvalue weighted by Crippen LogP contribution is 2.23. The molecule has 0 radical (unpaired) electrons. The Balaban J connectivity index is 2.52. The van der Waals surface area contributed by atoms with Crippen molar-refractivity contribution in [3.8, 4) is 11.4 Å². The maximum absolute atomic E-state index is 11.5. The Kier molecular flexibility index (Phi) is 3.59. The predicted octanol–water partition coefficient (Wildman–Crippen LogP) is 3.04. The van der Waals surface area contributed by atoms with Crippen LogP contribution in [0.2, 0.25) is 5.02 Å². The summed E-state index contributed by atoms with van der Waals surface area (Å²) in [6.45, 7) is 2.05. The number of aromatic amines is 1. The molecule has 0 aliphatic carbocycles. The minimum absolute atomic E-state index is 0.140. The van der Waals surface area contributed by atoms with Gasteiger partial charge in [0.1, 0.15) is 5.82 Å². The number of hydrogen-bond donors (Lipinski definition) is 1. The van der Waals surface area contributed by atoms with Crippen molar-refractivity contribution in [2.24, 2.45) is 0 Å². The largest absolute Gasteiger partial charge is 0.306 e. The van der Waals surface area contributed by atoms with E-state index < -0.39 is 0 Å². The number of nitrogens with zero attached hydrogens (tertiary/aromatic N) is 1. The number of aromatic nitrogens is 2. The van der Waals surface area contributed by atoms with Crippen molar-refractivity contribution in [2.45, 2.75) is 19.8 Å². The first-order chi connectivity index (χ1) is 8.20. The maximum Gasteiger partial charge on any atom is 0.251 e. The van der Waals surface area contributed by atoms with Gasteiger partial charge in [0.15, 0.2) is 0 Å². The Hall–Kier alpha value is -1.61. The Morgan fingerprint density at radius 1 is 1.35 bits per heavy atom. The normalized spacial score (nSPS) is 10.5. The smallest absolute Gasteiger partial charge is 0.251 e. The molecule has 0 aliphatic rings. The van der Waals surface area contributed by atoms with Gasteiger partial charge >= 0.3 is 0 Å². The van der Waals surface area contributed by atoms with Gasteiger partial charge in [-0.3, -0.25) is 4.79 Å². The summed E-state index contributed by atoms with van der Waals surface area (Å²) in [5, 5.41) is 0.587. The Morgan fingerprint density at radius 3 is 2.82 bits per heavy atom. The second-order valence-electron chi connectivity index (χ2n) is 3.82. The number of H-pyrrole nitrogens is 1. The van der Waals surface area contributed by atoms with Crippen LogP contribution in [0.4, 0.5) is 0 Å². The second-order valence-corrected chi connectivity index (χ2v) is 4.22. The van der Waals surface area contributed by atoms with Crippen molar-refractivity contribution in [1.82, 2.24) is 9.97 Å². The summed E-state index contributed by atoms with van der Waals surface area (Å²) >= 11 is 6.08.